The second-order valence-electron chi connectivity index (χ2n) is 23.4. The van der Waals surface area contributed by atoms with E-state index in [-0.39, 0.29) is 68.1 Å². The molecule has 1 fully saturated rings. The van der Waals surface area contributed by atoms with Crippen LogP contribution in [0.25, 0.3) is 0 Å². The van der Waals surface area contributed by atoms with Crippen molar-refractivity contribution in [1.82, 2.24) is 46.6 Å². The van der Waals surface area contributed by atoms with Gasteiger partial charge in [0.25, 0.3) is 5.91 Å². The van der Waals surface area contributed by atoms with Gasteiger partial charge >= 0.3 is 0 Å². The van der Waals surface area contributed by atoms with Gasteiger partial charge in [-0.15, -0.1) is 0 Å². The maximum atomic E-state index is 15.5. The minimum atomic E-state index is -0.965. The highest BCUT2D eigenvalue weighted by molar-refractivity contribution is 5.97. The summed E-state index contributed by atoms with van der Waals surface area (Å²) in [7, 11) is 3.35. The second-order valence-corrected chi connectivity index (χ2v) is 23.4. The lowest BCUT2D eigenvalue weighted by Crippen LogP contribution is -2.62. The molecule has 9 atom stereocenters. The molecule has 3 aliphatic rings. The molecule has 16 heteroatoms. The van der Waals surface area contributed by atoms with Crippen molar-refractivity contribution in [3.63, 3.8) is 0 Å². The Hall–Kier alpha value is -6.91. The van der Waals surface area contributed by atoms with Gasteiger partial charge in [-0.1, -0.05) is 133 Å². The Bertz CT molecular complexity index is 2770. The lowest BCUT2D eigenvalue weighted by molar-refractivity contribution is -0.152. The monoisotopic (exact) mass is 1050 g/mol. The second kappa shape index (κ2) is 24.6. The highest BCUT2D eigenvalue weighted by Gasteiger charge is 2.47. The summed E-state index contributed by atoms with van der Waals surface area (Å²) in [6, 6.07) is 26.5. The van der Waals surface area contributed by atoms with Gasteiger partial charge in [-0.05, 0) is 117 Å². The van der Waals surface area contributed by atoms with Crippen LogP contribution in [0.2, 0.25) is 0 Å². The minimum Gasteiger partial charge on any atom is -0.347 e. The van der Waals surface area contributed by atoms with E-state index in [0.717, 1.165) is 47.1 Å². The van der Waals surface area contributed by atoms with Crippen LogP contribution in [0.1, 0.15) is 137 Å². The maximum Gasteiger partial charge on any atom is 0.251 e. The van der Waals surface area contributed by atoms with E-state index in [1.165, 1.54) is 10.5 Å². The molecule has 0 saturated carbocycles. The van der Waals surface area contributed by atoms with Crippen molar-refractivity contribution in [2.75, 3.05) is 20.6 Å². The first-order chi connectivity index (χ1) is 36.5. The van der Waals surface area contributed by atoms with E-state index in [2.05, 4.69) is 38.0 Å². The van der Waals surface area contributed by atoms with Gasteiger partial charge in [0, 0.05) is 37.7 Å². The molecule has 0 bridgehead atoms. The predicted octanol–water partition coefficient (Wildman–Crippen LogP) is 5.90. The molecule has 412 valence electrons. The van der Waals surface area contributed by atoms with Crippen LogP contribution in [0.5, 0.6) is 0 Å². The molecular weight excluding hydrogens is 971 g/mol. The zero-order valence-corrected chi connectivity index (χ0v) is 46.9. The summed E-state index contributed by atoms with van der Waals surface area (Å²) in [4.78, 5) is 105. The zero-order chi connectivity index (χ0) is 55.9. The number of nitrogens with zero attached hydrogens (tertiary/aromatic N) is 3. The number of hydrogen-bond acceptors (Lipinski definition) is 9. The van der Waals surface area contributed by atoms with E-state index in [4.69, 9.17) is 0 Å². The van der Waals surface area contributed by atoms with Gasteiger partial charge in [0.1, 0.15) is 24.2 Å². The summed E-state index contributed by atoms with van der Waals surface area (Å²) in [5.41, 5.74) is 4.72. The molecular formula is C61H81N9O7. The van der Waals surface area contributed by atoms with Crippen molar-refractivity contribution in [1.29, 1.82) is 0 Å². The van der Waals surface area contributed by atoms with Crippen LogP contribution in [0.15, 0.2) is 103 Å². The first kappa shape index (κ1) is 57.8. The quantitative estimate of drug-likeness (QED) is 0.0745. The molecule has 2 aliphatic heterocycles. The number of benzene rings is 4. The van der Waals surface area contributed by atoms with E-state index in [0.29, 0.717) is 5.56 Å². The maximum absolute atomic E-state index is 15.5. The Kier molecular flexibility index (Phi) is 18.5. The molecule has 7 rings (SSSR count). The summed E-state index contributed by atoms with van der Waals surface area (Å²) < 4.78 is 0. The Morgan fingerprint density at radius 3 is 1.77 bits per heavy atom. The number of likely N-dealkylation sites (N-methyl/N-ethyl adjacent to an activating group) is 2. The molecule has 2 heterocycles. The van der Waals surface area contributed by atoms with Crippen LogP contribution < -0.4 is 31.9 Å². The molecule has 6 N–H and O–H groups in total. The zero-order valence-electron chi connectivity index (χ0n) is 46.9. The topological polar surface area (TPSA) is 201 Å². The van der Waals surface area contributed by atoms with E-state index >= 15 is 4.79 Å². The highest BCUT2D eigenvalue weighted by Crippen LogP contribution is 2.34. The van der Waals surface area contributed by atoms with Gasteiger partial charge in [-0.2, -0.15) is 0 Å². The van der Waals surface area contributed by atoms with Crippen molar-refractivity contribution >= 4 is 41.4 Å². The molecule has 4 aromatic rings. The molecule has 77 heavy (non-hydrogen) atoms. The largest absolute Gasteiger partial charge is 0.347 e. The standard InChI is InChI=1S/C61H81N9O7/c1-37(62-10)53(71)66-51(60(4,5)6)58(76)69-35-45-24-16-15-23-44(45)32-50(69)57(75)68(39(3)41-20-13-12-14-21-41)34-40-28-30-43(31-29-40)55(73)64-46-33-49(56(74)65-48-27-19-25-42-22-17-18-26-47(42)48)70(36-46)59(77)52(61(7,8)9)67-54(72)38(2)63-11/h12-18,20-24,26,28-31,37-39,46,48-52,62-63H,19,25,27,32-36H2,1-11H3,(H,64,73)(H,65,74)(H,66,71)(H,67,72)/t37-,38-,39?,46?,48?,49-,50-,51+,52+/m0/s1. The van der Waals surface area contributed by atoms with E-state index in [1.807, 2.05) is 133 Å². The number of likely N-dealkylation sites (tertiary alicyclic amines) is 1. The number of amides is 7. The van der Waals surface area contributed by atoms with E-state index in [9.17, 15) is 28.8 Å². The molecule has 1 aliphatic carbocycles. The van der Waals surface area contributed by atoms with Crippen molar-refractivity contribution in [3.05, 3.63) is 142 Å². The Morgan fingerprint density at radius 2 is 1.18 bits per heavy atom. The van der Waals surface area contributed by atoms with Crippen LogP contribution >= 0.6 is 0 Å². The number of carbonyl (C=O) groups is 7. The van der Waals surface area contributed by atoms with Gasteiger partial charge in [0.2, 0.25) is 35.4 Å². The fourth-order valence-electron chi connectivity index (χ4n) is 10.7. The molecule has 0 spiro atoms. The van der Waals surface area contributed by atoms with Crippen molar-refractivity contribution in [2.24, 2.45) is 10.8 Å². The molecule has 1 saturated heterocycles. The number of nitrogens with one attached hydrogen (secondary N) is 6. The number of rotatable bonds is 17. The number of aryl methyl sites for hydroxylation is 1. The first-order valence-electron chi connectivity index (χ1n) is 27.3. The van der Waals surface area contributed by atoms with Gasteiger partial charge in [-0.3, -0.25) is 33.6 Å². The van der Waals surface area contributed by atoms with Gasteiger partial charge in [0.05, 0.1) is 24.2 Å². The number of carbonyl (C=O) groups excluding carboxylic acids is 7. The normalized spacial score (nSPS) is 20.2. The van der Waals surface area contributed by atoms with Crippen LogP contribution in [0.3, 0.4) is 0 Å². The highest BCUT2D eigenvalue weighted by atomic mass is 16.2. The fraction of sp³-hybridized carbons (Fsp3) is 0.492. The van der Waals surface area contributed by atoms with E-state index in [1.54, 1.807) is 49.9 Å². The predicted molar refractivity (Wildman–Crippen MR) is 298 cm³/mol. The third-order valence-corrected chi connectivity index (χ3v) is 15.8. The average molecular weight is 1050 g/mol. The molecule has 0 radical (unpaired) electrons. The summed E-state index contributed by atoms with van der Waals surface area (Å²) in [6.07, 6.45) is 3.01. The van der Waals surface area contributed by atoms with Crippen molar-refractivity contribution in [2.45, 2.75) is 162 Å². The number of fused-ring (bicyclic) bond motifs is 2. The molecule has 16 nitrogen and oxygen atoms in total. The smallest absolute Gasteiger partial charge is 0.251 e. The Morgan fingerprint density at radius 1 is 0.636 bits per heavy atom. The Labute approximate surface area is 455 Å². The molecule has 0 aromatic heterocycles. The van der Waals surface area contributed by atoms with E-state index < -0.39 is 71.0 Å². The van der Waals surface area contributed by atoms with Gasteiger partial charge in [-0.25, -0.2) is 0 Å². The SMILES string of the molecule is CN[C@@H](C)C(=O)N[C@H](C(=O)N1CC(NC(=O)c2ccc(CN(C(=O)[C@@H]3Cc4ccccc4CN3C(=O)[C@@H](NC(=O)[C@H](C)NC)C(C)(C)C)C(C)c3ccccc3)cc2)C[C@H]1C(=O)NC1CCCc2ccccc21)C(C)(C)C. The van der Waals surface area contributed by atoms with Crippen LogP contribution in [0.4, 0.5) is 0 Å². The van der Waals surface area contributed by atoms with Crippen molar-refractivity contribution in [3.8, 4) is 0 Å². The number of hydrogen-bond donors (Lipinski definition) is 6. The minimum absolute atomic E-state index is 0.0452. The summed E-state index contributed by atoms with van der Waals surface area (Å²) in [5.74, 6) is -2.40. The molecule has 3 unspecified atom stereocenters. The average Bonchev–Trinajstić information content (AvgIpc) is 3.87. The molecule has 7 amide bonds. The van der Waals surface area contributed by atoms with Gasteiger partial charge in [0.15, 0.2) is 0 Å². The summed E-state index contributed by atoms with van der Waals surface area (Å²) in [5, 5.41) is 18.2. The summed E-state index contributed by atoms with van der Waals surface area (Å²) in [6.45, 7) is 17.1. The fourth-order valence-corrected chi connectivity index (χ4v) is 10.7. The van der Waals surface area contributed by atoms with Crippen molar-refractivity contribution < 1.29 is 33.6 Å². The summed E-state index contributed by atoms with van der Waals surface area (Å²) >= 11 is 0. The molecule has 4 aromatic carbocycles. The van der Waals surface area contributed by atoms with Crippen LogP contribution in [-0.2, 0) is 54.7 Å². The van der Waals surface area contributed by atoms with Gasteiger partial charge < -0.3 is 46.6 Å². The third kappa shape index (κ3) is 13.6. The lowest BCUT2D eigenvalue weighted by Gasteiger charge is -2.43. The van der Waals surface area contributed by atoms with Crippen LogP contribution in [0, 0.1) is 10.8 Å². The lowest BCUT2D eigenvalue weighted by atomic mass is 9.84. The van der Waals surface area contributed by atoms with Crippen LogP contribution in [-0.4, -0.2) is 119 Å². The third-order valence-electron chi connectivity index (χ3n) is 15.8. The Balaban J connectivity index is 1.14. The first-order valence-corrected chi connectivity index (χ1v) is 27.3.